The van der Waals surface area contributed by atoms with Gasteiger partial charge in [-0.2, -0.15) is 8.78 Å². The Morgan fingerprint density at radius 2 is 1.93 bits per heavy atom. The summed E-state index contributed by atoms with van der Waals surface area (Å²) < 4.78 is 64.3. The highest BCUT2D eigenvalue weighted by Gasteiger charge is 2.43. The number of halogens is 2. The van der Waals surface area contributed by atoms with Crippen molar-refractivity contribution in [1.29, 1.82) is 0 Å². The standard InChI is InChI=1S/C31H30F2N6O5/c1-14-22(43-29(32)33)10-17-24(21-11-19(37-28(17)41)26-36-18-8-6-7-9-20(18)39(21)26)23(14)16-12-34-25(35-13-16)15(2)27(40)38-30(42)44-31(3,4)5/h6-10,12-13,15,19,21,29H,11H2,1-5H3,(H,37,41)(H,38,40,42)/t15?,19-,21-/m1/s1/i1D3. The van der Waals surface area contributed by atoms with Crippen LogP contribution in [0.1, 0.15) is 89.4 Å². The van der Waals surface area contributed by atoms with Crippen LogP contribution in [0.4, 0.5) is 13.6 Å². The van der Waals surface area contributed by atoms with Crippen LogP contribution in [0.5, 0.6) is 5.75 Å². The van der Waals surface area contributed by atoms with Gasteiger partial charge in [0.15, 0.2) is 0 Å². The fraction of sp³-hybridized carbons (Fsp3) is 0.355. The molecule has 11 nitrogen and oxygen atoms in total. The second kappa shape index (κ2) is 10.6. The van der Waals surface area contributed by atoms with E-state index < -0.39 is 66.3 Å². The third-order valence-electron chi connectivity index (χ3n) is 7.50. The van der Waals surface area contributed by atoms with Crippen molar-refractivity contribution in [3.63, 3.8) is 0 Å². The first-order valence-electron chi connectivity index (χ1n) is 15.3. The van der Waals surface area contributed by atoms with Crippen molar-refractivity contribution in [3.8, 4) is 16.9 Å². The van der Waals surface area contributed by atoms with E-state index in [4.69, 9.17) is 18.6 Å². The fourth-order valence-electron chi connectivity index (χ4n) is 5.69. The average molecular weight is 608 g/mol. The van der Waals surface area contributed by atoms with Crippen LogP contribution in [0.2, 0.25) is 0 Å². The minimum atomic E-state index is -3.39. The first kappa shape index (κ1) is 25.5. The molecular formula is C31H30F2N6O5. The highest BCUT2D eigenvalue weighted by atomic mass is 19.3. The Morgan fingerprint density at radius 1 is 1.20 bits per heavy atom. The summed E-state index contributed by atoms with van der Waals surface area (Å²) in [6.45, 7) is 0.00428. The van der Waals surface area contributed by atoms with Gasteiger partial charge in [-0.3, -0.25) is 14.9 Å². The molecule has 2 aliphatic rings. The summed E-state index contributed by atoms with van der Waals surface area (Å²) >= 11 is 0. The highest BCUT2D eigenvalue weighted by molar-refractivity contribution is 6.00. The quantitative estimate of drug-likeness (QED) is 0.310. The Labute approximate surface area is 255 Å². The number of para-hydroxylation sites is 2. The predicted molar refractivity (Wildman–Crippen MR) is 154 cm³/mol. The summed E-state index contributed by atoms with van der Waals surface area (Å²) in [5.41, 5.74) is 0.238. The number of aromatic nitrogens is 4. The molecular weight excluding hydrogens is 574 g/mol. The molecule has 0 aliphatic carbocycles. The number of imidazole rings is 1. The summed E-state index contributed by atoms with van der Waals surface area (Å²) in [4.78, 5) is 51.9. The number of amides is 3. The maximum atomic E-state index is 13.7. The average Bonchev–Trinajstić information content (AvgIpc) is 3.47. The van der Waals surface area contributed by atoms with E-state index in [0.29, 0.717) is 17.8 Å². The van der Waals surface area contributed by atoms with Gasteiger partial charge >= 0.3 is 12.7 Å². The summed E-state index contributed by atoms with van der Waals surface area (Å²) in [7, 11) is 0. The lowest BCUT2D eigenvalue weighted by atomic mass is 9.87. The number of ether oxygens (including phenoxy) is 2. The normalized spacial score (nSPS) is 19.2. The monoisotopic (exact) mass is 607 g/mol. The van der Waals surface area contributed by atoms with E-state index in [1.54, 1.807) is 20.8 Å². The van der Waals surface area contributed by atoms with Gasteiger partial charge in [-0.1, -0.05) is 12.1 Å². The van der Waals surface area contributed by atoms with Crippen LogP contribution in [0.3, 0.4) is 0 Å². The number of carbonyl (C=O) groups excluding carboxylic acids is 3. The van der Waals surface area contributed by atoms with Crippen LogP contribution in [-0.2, 0) is 9.53 Å². The van der Waals surface area contributed by atoms with Crippen molar-refractivity contribution in [1.82, 2.24) is 30.2 Å². The third-order valence-corrected chi connectivity index (χ3v) is 7.50. The molecule has 2 aromatic carbocycles. The SMILES string of the molecule is [2H]C([2H])([2H])c1c(OC(F)F)cc2c(c1-c1cnc(C(C)C(=O)NC(=O)OC(C)(C)C)nc1)[C@H]1C[C@@H](NC2=O)c2nc3ccccc3n21. The lowest BCUT2D eigenvalue weighted by Gasteiger charge is -2.25. The van der Waals surface area contributed by atoms with Crippen molar-refractivity contribution in [2.75, 3.05) is 0 Å². The van der Waals surface area contributed by atoms with Crippen LogP contribution < -0.4 is 15.4 Å². The fourth-order valence-corrected chi connectivity index (χ4v) is 5.69. The number of rotatable bonds is 5. The number of nitrogens with one attached hydrogen (secondary N) is 2. The number of hydrogen-bond donors (Lipinski definition) is 2. The molecule has 3 amide bonds. The van der Waals surface area contributed by atoms with Crippen LogP contribution in [0.25, 0.3) is 22.2 Å². The van der Waals surface area contributed by atoms with Gasteiger partial charge < -0.3 is 19.4 Å². The molecule has 0 saturated heterocycles. The molecule has 0 fully saturated rings. The third kappa shape index (κ3) is 5.12. The number of carbonyl (C=O) groups is 3. The van der Waals surface area contributed by atoms with Crippen molar-refractivity contribution in [3.05, 3.63) is 71.1 Å². The van der Waals surface area contributed by atoms with Crippen LogP contribution in [0, 0.1) is 6.85 Å². The molecule has 4 heterocycles. The summed E-state index contributed by atoms with van der Waals surface area (Å²) in [6.07, 6.45) is 1.86. The molecule has 3 atom stereocenters. The summed E-state index contributed by atoms with van der Waals surface area (Å²) in [5.74, 6) is -2.53. The van der Waals surface area contributed by atoms with E-state index in [1.807, 2.05) is 28.8 Å². The topological polar surface area (TPSA) is 137 Å². The van der Waals surface area contributed by atoms with Crippen molar-refractivity contribution in [2.45, 2.75) is 71.2 Å². The smallest absolute Gasteiger partial charge is 0.414 e. The Kier molecular flexibility index (Phi) is 6.18. The number of alkyl carbamates (subject to hydrolysis) is 1. The van der Waals surface area contributed by atoms with Crippen molar-refractivity contribution < 1.29 is 36.8 Å². The van der Waals surface area contributed by atoms with E-state index >= 15 is 0 Å². The molecule has 44 heavy (non-hydrogen) atoms. The maximum Gasteiger partial charge on any atom is 0.414 e. The van der Waals surface area contributed by atoms with E-state index in [1.165, 1.54) is 19.3 Å². The molecule has 1 unspecified atom stereocenters. The molecule has 13 heteroatoms. The molecule has 2 bridgehead atoms. The van der Waals surface area contributed by atoms with E-state index in [0.717, 1.165) is 11.6 Å². The number of benzene rings is 2. The molecule has 228 valence electrons. The molecule has 2 N–H and O–H groups in total. The molecule has 2 aromatic heterocycles. The molecule has 2 aliphatic heterocycles. The second-order valence-electron chi connectivity index (χ2n) is 11.6. The van der Waals surface area contributed by atoms with Gasteiger partial charge in [0, 0.05) is 27.6 Å². The van der Waals surface area contributed by atoms with E-state index in [9.17, 15) is 23.2 Å². The number of fused-ring (bicyclic) bond motifs is 9. The summed E-state index contributed by atoms with van der Waals surface area (Å²) in [5, 5.41) is 5.04. The predicted octanol–water partition coefficient (Wildman–Crippen LogP) is 5.34. The van der Waals surface area contributed by atoms with Crippen LogP contribution in [0.15, 0.2) is 42.7 Å². The first-order valence-corrected chi connectivity index (χ1v) is 13.8. The van der Waals surface area contributed by atoms with Crippen molar-refractivity contribution in [2.24, 2.45) is 0 Å². The Balaban J connectivity index is 1.52. The molecule has 0 spiro atoms. The highest BCUT2D eigenvalue weighted by Crippen LogP contribution is 2.49. The zero-order valence-electron chi connectivity index (χ0n) is 27.1. The summed E-state index contributed by atoms with van der Waals surface area (Å²) in [6, 6.07) is 7.18. The van der Waals surface area contributed by atoms with Gasteiger partial charge in [0.25, 0.3) is 5.91 Å². The van der Waals surface area contributed by atoms with Gasteiger partial charge in [0.1, 0.15) is 23.0 Å². The van der Waals surface area contributed by atoms with Crippen LogP contribution in [-0.4, -0.2) is 49.6 Å². The van der Waals surface area contributed by atoms with Gasteiger partial charge in [0.2, 0.25) is 5.91 Å². The molecule has 4 aromatic rings. The van der Waals surface area contributed by atoms with Crippen LogP contribution >= 0.6 is 0 Å². The minimum Gasteiger partial charge on any atom is -0.444 e. The lowest BCUT2D eigenvalue weighted by molar-refractivity contribution is -0.122. The number of imide groups is 1. The van der Waals surface area contributed by atoms with Gasteiger partial charge in [0.05, 0.1) is 29.0 Å². The van der Waals surface area contributed by atoms with E-state index in [2.05, 4.69) is 20.6 Å². The molecule has 6 rings (SSSR count). The second-order valence-corrected chi connectivity index (χ2v) is 11.6. The number of nitrogens with zero attached hydrogens (tertiary/aromatic N) is 4. The zero-order chi connectivity index (χ0) is 34.0. The number of hydrogen-bond acceptors (Lipinski definition) is 8. The van der Waals surface area contributed by atoms with Gasteiger partial charge in [-0.25, -0.2) is 19.7 Å². The maximum absolute atomic E-state index is 13.7. The minimum absolute atomic E-state index is 0.0159. The molecule has 0 radical (unpaired) electrons. The Hall–Kier alpha value is -4.94. The van der Waals surface area contributed by atoms with Gasteiger partial charge in [-0.15, -0.1) is 0 Å². The molecule has 0 saturated carbocycles. The Morgan fingerprint density at radius 3 is 2.61 bits per heavy atom. The van der Waals surface area contributed by atoms with Gasteiger partial charge in [-0.05, 0) is 75.9 Å². The zero-order valence-corrected chi connectivity index (χ0v) is 24.1. The van der Waals surface area contributed by atoms with Crippen molar-refractivity contribution >= 4 is 28.9 Å². The Bertz CT molecular complexity index is 1920. The lowest BCUT2D eigenvalue weighted by Crippen LogP contribution is -2.38. The largest absolute Gasteiger partial charge is 0.444 e. The number of alkyl halides is 2. The first-order chi connectivity index (χ1) is 22.0. The van der Waals surface area contributed by atoms with E-state index in [-0.39, 0.29) is 28.1 Å².